The normalized spacial score (nSPS) is 20.8. The van der Waals surface area contributed by atoms with Crippen LogP contribution in [0.3, 0.4) is 0 Å². The molecule has 130 valence electrons. The molecule has 0 aliphatic carbocycles. The minimum absolute atomic E-state index is 0.0136. The molecule has 2 aromatic rings. The van der Waals surface area contributed by atoms with Gasteiger partial charge in [0.15, 0.2) is 0 Å². The maximum absolute atomic E-state index is 12.4. The molecule has 1 saturated heterocycles. The quantitative estimate of drug-likeness (QED) is 0.893. The highest BCUT2D eigenvalue weighted by Crippen LogP contribution is 2.23. The van der Waals surface area contributed by atoms with Crippen molar-refractivity contribution in [1.29, 1.82) is 0 Å². The molecule has 1 aliphatic rings. The van der Waals surface area contributed by atoms with E-state index >= 15 is 0 Å². The maximum atomic E-state index is 12.4. The monoisotopic (exact) mass is 333 g/mol. The van der Waals surface area contributed by atoms with Gasteiger partial charge in [0, 0.05) is 43.5 Å². The fraction of sp³-hybridized carbons (Fsp3) is 0.588. The third kappa shape index (κ3) is 3.51. The summed E-state index contributed by atoms with van der Waals surface area (Å²) in [6.45, 7) is 6.52. The molecule has 1 amide bonds. The molecule has 24 heavy (non-hydrogen) atoms. The smallest absolute Gasteiger partial charge is 0.223 e. The molecular weight excluding hydrogens is 310 g/mol. The summed E-state index contributed by atoms with van der Waals surface area (Å²) in [5.41, 5.74) is 2.65. The van der Waals surface area contributed by atoms with Crippen LogP contribution in [-0.4, -0.2) is 45.4 Å². The molecule has 7 heteroatoms. The van der Waals surface area contributed by atoms with Crippen LogP contribution in [0.15, 0.2) is 15.1 Å². The number of aryl methyl sites for hydroxylation is 3. The lowest BCUT2D eigenvalue weighted by atomic mass is 10.0. The van der Waals surface area contributed by atoms with Crippen LogP contribution in [0.4, 0.5) is 0 Å². The lowest BCUT2D eigenvalue weighted by molar-refractivity contribution is -0.130. The predicted octanol–water partition coefficient (Wildman–Crippen LogP) is 1.58. The molecular formula is C17H23N3O4. The van der Waals surface area contributed by atoms with Crippen molar-refractivity contribution in [2.45, 2.75) is 46.1 Å². The van der Waals surface area contributed by atoms with Crippen LogP contribution in [-0.2, 0) is 17.6 Å². The van der Waals surface area contributed by atoms with Gasteiger partial charge in [0.1, 0.15) is 11.5 Å². The Bertz CT molecular complexity index is 702. The summed E-state index contributed by atoms with van der Waals surface area (Å²) in [5, 5.41) is 18.0. The van der Waals surface area contributed by atoms with E-state index in [-0.39, 0.29) is 11.8 Å². The van der Waals surface area contributed by atoms with E-state index in [4.69, 9.17) is 9.05 Å². The minimum atomic E-state index is -0.529. The Kier molecular flexibility index (Phi) is 4.71. The number of amides is 1. The topological polar surface area (TPSA) is 92.6 Å². The minimum Gasteiger partial charge on any atom is -0.391 e. The maximum Gasteiger partial charge on any atom is 0.223 e. The van der Waals surface area contributed by atoms with Crippen LogP contribution in [0, 0.1) is 26.7 Å². The number of β-amino-alcohol motifs (C(OH)–C–C–N with tert-alkyl or cyclic N) is 1. The highest BCUT2D eigenvalue weighted by Gasteiger charge is 2.34. The van der Waals surface area contributed by atoms with Crippen LogP contribution < -0.4 is 0 Å². The number of aromatic nitrogens is 2. The first-order valence-corrected chi connectivity index (χ1v) is 8.24. The van der Waals surface area contributed by atoms with E-state index in [0.29, 0.717) is 32.4 Å². The van der Waals surface area contributed by atoms with Gasteiger partial charge >= 0.3 is 0 Å². The first-order valence-electron chi connectivity index (χ1n) is 8.24. The fourth-order valence-electron chi connectivity index (χ4n) is 3.28. The van der Waals surface area contributed by atoms with E-state index in [1.807, 2.05) is 26.8 Å². The number of aliphatic hydroxyl groups excluding tert-OH is 1. The summed E-state index contributed by atoms with van der Waals surface area (Å²) in [6.07, 6.45) is 1.07. The number of hydrogen-bond acceptors (Lipinski definition) is 6. The van der Waals surface area contributed by atoms with Gasteiger partial charge in [-0.05, 0) is 27.2 Å². The summed E-state index contributed by atoms with van der Waals surface area (Å²) >= 11 is 0. The van der Waals surface area contributed by atoms with E-state index in [2.05, 4.69) is 10.3 Å². The fourth-order valence-corrected chi connectivity index (χ4v) is 3.28. The van der Waals surface area contributed by atoms with E-state index in [9.17, 15) is 9.90 Å². The van der Waals surface area contributed by atoms with Crippen LogP contribution in [0.1, 0.15) is 34.9 Å². The van der Waals surface area contributed by atoms with Crippen LogP contribution in [0.2, 0.25) is 0 Å². The largest absolute Gasteiger partial charge is 0.391 e. The number of carbonyl (C=O) groups is 1. The van der Waals surface area contributed by atoms with Crippen LogP contribution in [0.25, 0.3) is 0 Å². The van der Waals surface area contributed by atoms with Crippen molar-refractivity contribution in [3.05, 3.63) is 34.5 Å². The Balaban J connectivity index is 1.54. The van der Waals surface area contributed by atoms with E-state index in [1.54, 1.807) is 4.90 Å². The Morgan fingerprint density at radius 3 is 2.71 bits per heavy atom. The predicted molar refractivity (Wildman–Crippen MR) is 85.3 cm³/mol. The van der Waals surface area contributed by atoms with Gasteiger partial charge in [-0.3, -0.25) is 4.79 Å². The van der Waals surface area contributed by atoms with Crippen molar-refractivity contribution < 1.29 is 18.9 Å². The molecule has 7 nitrogen and oxygen atoms in total. The molecule has 3 rings (SSSR count). The van der Waals surface area contributed by atoms with Gasteiger partial charge in [-0.25, -0.2) is 0 Å². The van der Waals surface area contributed by atoms with E-state index < -0.39 is 6.10 Å². The molecule has 1 N–H and O–H groups in total. The molecule has 2 atom stereocenters. The van der Waals surface area contributed by atoms with E-state index in [1.165, 1.54) is 0 Å². The number of hydrogen-bond donors (Lipinski definition) is 1. The molecule has 3 heterocycles. The SMILES string of the molecule is Cc1cc(C[C@@H]2CN(C(=O)CCc3c(C)noc3C)C[C@@H]2O)on1. The zero-order chi connectivity index (χ0) is 17.3. The van der Waals surface area contributed by atoms with Crippen molar-refractivity contribution in [2.75, 3.05) is 13.1 Å². The summed E-state index contributed by atoms with van der Waals surface area (Å²) in [5.74, 6) is 1.55. The number of rotatable bonds is 5. The second kappa shape index (κ2) is 6.76. The first-order chi connectivity index (χ1) is 11.4. The van der Waals surface area contributed by atoms with Crippen LogP contribution in [0.5, 0.6) is 0 Å². The van der Waals surface area contributed by atoms with E-state index in [0.717, 1.165) is 28.5 Å². The van der Waals surface area contributed by atoms with Crippen molar-refractivity contribution in [2.24, 2.45) is 5.92 Å². The molecule has 0 saturated carbocycles. The Morgan fingerprint density at radius 2 is 2.08 bits per heavy atom. The lowest BCUT2D eigenvalue weighted by Gasteiger charge is -2.15. The van der Waals surface area contributed by atoms with Gasteiger partial charge in [-0.1, -0.05) is 10.3 Å². The summed E-state index contributed by atoms with van der Waals surface area (Å²) in [7, 11) is 0. The second-order valence-corrected chi connectivity index (χ2v) is 6.57. The van der Waals surface area contributed by atoms with Gasteiger partial charge in [0.25, 0.3) is 0 Å². The third-order valence-corrected chi connectivity index (χ3v) is 4.67. The van der Waals surface area contributed by atoms with Crippen LogP contribution >= 0.6 is 0 Å². The van der Waals surface area contributed by atoms with Gasteiger partial charge in [0.05, 0.1) is 17.5 Å². The lowest BCUT2D eigenvalue weighted by Crippen LogP contribution is -2.29. The second-order valence-electron chi connectivity index (χ2n) is 6.57. The van der Waals surface area contributed by atoms with Crippen molar-refractivity contribution in [3.63, 3.8) is 0 Å². The molecule has 2 aromatic heterocycles. The molecule has 0 aromatic carbocycles. The average Bonchev–Trinajstić information content (AvgIpc) is 3.20. The average molecular weight is 333 g/mol. The molecule has 0 spiro atoms. The van der Waals surface area contributed by atoms with Gasteiger partial charge < -0.3 is 19.1 Å². The molecule has 1 aliphatic heterocycles. The standard InChI is InChI=1S/C17H23N3O4/c1-10-6-14(24-18-10)7-13-8-20(9-16(13)21)17(22)5-4-15-11(2)19-23-12(15)3/h6,13,16,21H,4-5,7-9H2,1-3H3/t13-,16+/m1/s1. The number of likely N-dealkylation sites (tertiary alicyclic amines) is 1. The Hall–Kier alpha value is -2.15. The third-order valence-electron chi connectivity index (χ3n) is 4.67. The molecule has 0 bridgehead atoms. The number of carbonyl (C=O) groups excluding carboxylic acids is 1. The summed E-state index contributed by atoms with van der Waals surface area (Å²) in [6, 6.07) is 1.87. The molecule has 0 unspecified atom stereocenters. The van der Waals surface area contributed by atoms with Crippen molar-refractivity contribution in [3.8, 4) is 0 Å². The molecule has 1 fully saturated rings. The van der Waals surface area contributed by atoms with Gasteiger partial charge in [0.2, 0.25) is 5.91 Å². The zero-order valence-electron chi connectivity index (χ0n) is 14.3. The summed E-state index contributed by atoms with van der Waals surface area (Å²) in [4.78, 5) is 14.2. The first kappa shape index (κ1) is 16.7. The Labute approximate surface area is 140 Å². The van der Waals surface area contributed by atoms with Crippen molar-refractivity contribution >= 4 is 5.91 Å². The summed E-state index contributed by atoms with van der Waals surface area (Å²) < 4.78 is 10.3. The van der Waals surface area contributed by atoms with Gasteiger partial charge in [-0.15, -0.1) is 0 Å². The number of aliphatic hydroxyl groups is 1. The highest BCUT2D eigenvalue weighted by atomic mass is 16.5. The Morgan fingerprint density at radius 1 is 1.29 bits per heavy atom. The molecule has 0 radical (unpaired) electrons. The van der Waals surface area contributed by atoms with Gasteiger partial charge in [-0.2, -0.15) is 0 Å². The number of nitrogens with zero attached hydrogens (tertiary/aromatic N) is 3. The highest BCUT2D eigenvalue weighted by molar-refractivity contribution is 5.77. The zero-order valence-corrected chi connectivity index (χ0v) is 14.3. The van der Waals surface area contributed by atoms with Crippen molar-refractivity contribution in [1.82, 2.24) is 15.2 Å².